The van der Waals surface area contributed by atoms with Crippen molar-refractivity contribution < 1.29 is 4.79 Å². The minimum Gasteiger partial charge on any atom is -0.325 e. The van der Waals surface area contributed by atoms with Crippen LogP contribution < -0.4 is 11.1 Å². The number of carbonyl (C=O) groups is 1. The summed E-state index contributed by atoms with van der Waals surface area (Å²) in [6.45, 7) is 5.93. The molecule has 0 saturated carbocycles. The highest BCUT2D eigenvalue weighted by molar-refractivity contribution is 5.96. The van der Waals surface area contributed by atoms with Gasteiger partial charge in [-0.2, -0.15) is 5.10 Å². The highest BCUT2D eigenvalue weighted by Gasteiger charge is 2.23. The molecule has 6 heteroatoms. The molecule has 0 spiro atoms. The summed E-state index contributed by atoms with van der Waals surface area (Å²) < 4.78 is 0. The molecule has 0 saturated heterocycles. The second-order valence-electron chi connectivity index (χ2n) is 6.96. The van der Waals surface area contributed by atoms with E-state index in [1.54, 1.807) is 0 Å². The van der Waals surface area contributed by atoms with Crippen LogP contribution in [0.15, 0.2) is 54.6 Å². The standard InChI is InChI=1S/C21H25N5O/c1-13(2)19-24-20(26-25-19)16-11-7-8-12-17(16)23-21(27)14(3)18(22)15-9-5-4-6-10-15/h4-14,18H,22H2,1-3H3,(H,23,27)(H,24,25,26). The second kappa shape index (κ2) is 8.14. The summed E-state index contributed by atoms with van der Waals surface area (Å²) in [7, 11) is 0. The molecule has 27 heavy (non-hydrogen) atoms. The Morgan fingerprint density at radius 3 is 2.37 bits per heavy atom. The number of nitrogens with two attached hydrogens (primary N) is 1. The maximum atomic E-state index is 12.8. The van der Waals surface area contributed by atoms with E-state index in [0.29, 0.717) is 11.5 Å². The average molecular weight is 363 g/mol. The van der Waals surface area contributed by atoms with E-state index in [0.717, 1.165) is 17.0 Å². The summed E-state index contributed by atoms with van der Waals surface area (Å²) in [4.78, 5) is 17.3. The van der Waals surface area contributed by atoms with Crippen molar-refractivity contribution in [3.05, 3.63) is 66.0 Å². The van der Waals surface area contributed by atoms with Gasteiger partial charge in [-0.15, -0.1) is 0 Å². The molecule has 2 unspecified atom stereocenters. The van der Waals surface area contributed by atoms with Crippen molar-refractivity contribution in [3.8, 4) is 11.4 Å². The van der Waals surface area contributed by atoms with Crippen LogP contribution in [0.4, 0.5) is 5.69 Å². The van der Waals surface area contributed by atoms with Crippen molar-refractivity contribution in [2.24, 2.45) is 11.7 Å². The monoisotopic (exact) mass is 363 g/mol. The topological polar surface area (TPSA) is 96.7 Å². The van der Waals surface area contributed by atoms with Crippen LogP contribution in [0.25, 0.3) is 11.4 Å². The van der Waals surface area contributed by atoms with Gasteiger partial charge in [0.1, 0.15) is 5.82 Å². The molecular weight excluding hydrogens is 338 g/mol. The Balaban J connectivity index is 1.80. The lowest BCUT2D eigenvalue weighted by molar-refractivity contribution is -0.120. The van der Waals surface area contributed by atoms with Gasteiger partial charge in [0, 0.05) is 17.5 Å². The first-order chi connectivity index (χ1) is 13.0. The first-order valence-corrected chi connectivity index (χ1v) is 9.10. The maximum absolute atomic E-state index is 12.8. The maximum Gasteiger partial charge on any atom is 0.229 e. The lowest BCUT2D eigenvalue weighted by Crippen LogP contribution is -2.30. The van der Waals surface area contributed by atoms with E-state index in [4.69, 9.17) is 5.73 Å². The van der Waals surface area contributed by atoms with Gasteiger partial charge in [-0.05, 0) is 17.7 Å². The number of para-hydroxylation sites is 1. The number of amides is 1. The molecule has 1 heterocycles. The highest BCUT2D eigenvalue weighted by atomic mass is 16.1. The Kier molecular flexibility index (Phi) is 5.66. The van der Waals surface area contributed by atoms with Crippen LogP contribution in [-0.2, 0) is 4.79 Å². The number of hydrogen-bond acceptors (Lipinski definition) is 4. The minimum absolute atomic E-state index is 0.140. The van der Waals surface area contributed by atoms with E-state index >= 15 is 0 Å². The Bertz CT molecular complexity index is 904. The molecule has 6 nitrogen and oxygen atoms in total. The van der Waals surface area contributed by atoms with Gasteiger partial charge in [0.15, 0.2) is 5.82 Å². The third kappa shape index (κ3) is 4.23. The van der Waals surface area contributed by atoms with Crippen LogP contribution in [0.1, 0.15) is 44.1 Å². The van der Waals surface area contributed by atoms with E-state index in [9.17, 15) is 4.79 Å². The lowest BCUT2D eigenvalue weighted by atomic mass is 9.94. The Labute approximate surface area is 159 Å². The number of anilines is 1. The summed E-state index contributed by atoms with van der Waals surface area (Å²) in [5.74, 6) is 1.09. The number of H-pyrrole nitrogens is 1. The number of nitrogens with one attached hydrogen (secondary N) is 2. The highest BCUT2D eigenvalue weighted by Crippen LogP contribution is 2.27. The van der Waals surface area contributed by atoms with E-state index in [-0.39, 0.29) is 23.8 Å². The van der Waals surface area contributed by atoms with Crippen molar-refractivity contribution in [1.29, 1.82) is 0 Å². The molecule has 1 amide bonds. The van der Waals surface area contributed by atoms with Crippen molar-refractivity contribution in [2.75, 3.05) is 5.32 Å². The number of rotatable bonds is 6. The molecule has 140 valence electrons. The summed E-state index contributed by atoms with van der Waals surface area (Å²) in [5.41, 5.74) is 8.67. The zero-order chi connectivity index (χ0) is 19.4. The molecule has 0 aliphatic heterocycles. The molecule has 4 N–H and O–H groups in total. The summed E-state index contributed by atoms with van der Waals surface area (Å²) in [6.07, 6.45) is 0. The first-order valence-electron chi connectivity index (χ1n) is 9.10. The molecule has 2 aromatic carbocycles. The molecule has 1 aromatic heterocycles. The number of aromatic nitrogens is 3. The predicted octanol–water partition coefficient (Wildman–Crippen LogP) is 3.87. The molecular formula is C21H25N5O. The van der Waals surface area contributed by atoms with Crippen LogP contribution >= 0.6 is 0 Å². The third-order valence-electron chi connectivity index (χ3n) is 4.61. The van der Waals surface area contributed by atoms with E-state index in [2.05, 4.69) is 20.5 Å². The van der Waals surface area contributed by atoms with Gasteiger partial charge >= 0.3 is 0 Å². The Morgan fingerprint density at radius 1 is 1.04 bits per heavy atom. The average Bonchev–Trinajstić information content (AvgIpc) is 3.18. The van der Waals surface area contributed by atoms with Gasteiger partial charge < -0.3 is 11.1 Å². The smallest absolute Gasteiger partial charge is 0.229 e. The summed E-state index contributed by atoms with van der Waals surface area (Å²) in [6, 6.07) is 16.8. The Hall–Kier alpha value is -2.99. The number of hydrogen-bond donors (Lipinski definition) is 3. The number of aromatic amines is 1. The zero-order valence-corrected chi connectivity index (χ0v) is 15.8. The number of nitrogens with zero attached hydrogens (tertiary/aromatic N) is 2. The van der Waals surface area contributed by atoms with Gasteiger partial charge in [0.2, 0.25) is 5.91 Å². The summed E-state index contributed by atoms with van der Waals surface area (Å²) >= 11 is 0. The van der Waals surface area contributed by atoms with E-state index in [1.807, 2.05) is 75.4 Å². The van der Waals surface area contributed by atoms with Crippen LogP contribution in [0.5, 0.6) is 0 Å². The largest absolute Gasteiger partial charge is 0.325 e. The van der Waals surface area contributed by atoms with Crippen molar-refractivity contribution >= 4 is 11.6 Å². The molecule has 0 fully saturated rings. The normalized spacial score (nSPS) is 13.4. The SMILES string of the molecule is CC(C)c1nc(-c2ccccc2NC(=O)C(C)C(N)c2ccccc2)n[nH]1. The minimum atomic E-state index is -0.390. The fraction of sp³-hybridized carbons (Fsp3) is 0.286. The fourth-order valence-electron chi connectivity index (χ4n) is 2.81. The number of benzene rings is 2. The molecule has 3 aromatic rings. The van der Waals surface area contributed by atoms with Crippen LogP contribution in [0, 0.1) is 5.92 Å². The van der Waals surface area contributed by atoms with Gasteiger partial charge in [0.05, 0.1) is 11.6 Å². The van der Waals surface area contributed by atoms with E-state index < -0.39 is 0 Å². The van der Waals surface area contributed by atoms with Crippen molar-refractivity contribution in [3.63, 3.8) is 0 Å². The van der Waals surface area contributed by atoms with Gasteiger partial charge in [-0.25, -0.2) is 4.98 Å². The Morgan fingerprint density at radius 2 is 1.70 bits per heavy atom. The van der Waals surface area contributed by atoms with Gasteiger partial charge in [-0.1, -0.05) is 63.2 Å². The number of carbonyl (C=O) groups excluding carboxylic acids is 1. The second-order valence-corrected chi connectivity index (χ2v) is 6.96. The van der Waals surface area contributed by atoms with Crippen molar-refractivity contribution in [2.45, 2.75) is 32.7 Å². The van der Waals surface area contributed by atoms with Gasteiger partial charge in [0.25, 0.3) is 0 Å². The molecule has 0 aliphatic rings. The quantitative estimate of drug-likeness (QED) is 0.619. The van der Waals surface area contributed by atoms with Crippen LogP contribution in [0.3, 0.4) is 0 Å². The third-order valence-corrected chi connectivity index (χ3v) is 4.61. The zero-order valence-electron chi connectivity index (χ0n) is 15.8. The summed E-state index contributed by atoms with van der Waals surface area (Å²) in [5, 5.41) is 10.2. The van der Waals surface area contributed by atoms with Crippen LogP contribution in [-0.4, -0.2) is 21.1 Å². The van der Waals surface area contributed by atoms with Gasteiger partial charge in [-0.3, -0.25) is 9.89 Å². The molecule has 3 rings (SSSR count). The first kappa shape index (κ1) is 18.8. The molecule has 2 atom stereocenters. The molecule has 0 radical (unpaired) electrons. The molecule has 0 aliphatic carbocycles. The lowest BCUT2D eigenvalue weighted by Gasteiger charge is -2.20. The van der Waals surface area contributed by atoms with Crippen LogP contribution in [0.2, 0.25) is 0 Å². The predicted molar refractivity (Wildman–Crippen MR) is 107 cm³/mol. The van der Waals surface area contributed by atoms with Crippen molar-refractivity contribution in [1.82, 2.24) is 15.2 Å². The fourth-order valence-corrected chi connectivity index (χ4v) is 2.81. The van der Waals surface area contributed by atoms with E-state index in [1.165, 1.54) is 0 Å². The molecule has 0 bridgehead atoms.